The Morgan fingerprint density at radius 1 is 0.755 bits per heavy atom. The number of quaternary nitrogens is 1. The van der Waals surface area contributed by atoms with Crippen molar-refractivity contribution in [1.82, 2.24) is 9.80 Å². The second-order valence-corrected chi connectivity index (χ2v) is 14.8. The number of anilines is 1. The van der Waals surface area contributed by atoms with Gasteiger partial charge in [-0.2, -0.15) is 0 Å². The molecule has 4 aliphatic heterocycles. The maximum absolute atomic E-state index is 13.5. The number of hydrogen-bond acceptors (Lipinski definition) is 7. The number of benzene rings is 4. The van der Waals surface area contributed by atoms with Crippen LogP contribution in [0.1, 0.15) is 90.4 Å². The van der Waals surface area contributed by atoms with Crippen LogP contribution >= 0.6 is 0 Å². The molecule has 3 N–H and O–H groups in total. The summed E-state index contributed by atoms with van der Waals surface area (Å²) < 4.78 is 0. The summed E-state index contributed by atoms with van der Waals surface area (Å²) in [6.45, 7) is 6.34. The van der Waals surface area contributed by atoms with Gasteiger partial charge in [0.1, 0.15) is 11.7 Å². The van der Waals surface area contributed by atoms with Crippen molar-refractivity contribution in [1.29, 1.82) is 0 Å². The number of rotatable bonds is 6. The molecule has 262 valence electrons. The smallest absolute Gasteiger partial charge is 0.261 e. The van der Waals surface area contributed by atoms with E-state index >= 15 is 0 Å². The fourth-order valence-electron chi connectivity index (χ4n) is 8.18. The topological polar surface area (TPSA) is 144 Å². The van der Waals surface area contributed by atoms with Gasteiger partial charge < -0.3 is 15.7 Å². The molecule has 0 saturated heterocycles. The quantitative estimate of drug-likeness (QED) is 0.173. The molecular formula is C43H34N4O6. The van der Waals surface area contributed by atoms with E-state index in [0.29, 0.717) is 28.0 Å². The van der Waals surface area contributed by atoms with Gasteiger partial charge in [-0.1, -0.05) is 69.0 Å². The summed E-state index contributed by atoms with van der Waals surface area (Å²) in [7, 11) is 0. The summed E-state index contributed by atoms with van der Waals surface area (Å²) in [5.41, 5.74) is 7.46. The molecule has 0 spiro atoms. The summed E-state index contributed by atoms with van der Waals surface area (Å²) in [4.78, 5) is 67.8. The molecular weight excluding hydrogens is 668 g/mol. The first-order valence-electron chi connectivity index (χ1n) is 17.6. The number of fused-ring (bicyclic) bond motifs is 4. The molecule has 0 saturated carbocycles. The highest BCUT2D eigenvalue weighted by Gasteiger charge is 2.41. The van der Waals surface area contributed by atoms with Crippen LogP contribution in [0.15, 0.2) is 120 Å². The number of amides is 4. The zero-order valence-corrected chi connectivity index (χ0v) is 29.2. The number of Topliss-reactive ketones (excluding diaryl/α,β-unsaturated/α-hetero) is 1. The molecule has 0 aromatic heterocycles. The maximum Gasteiger partial charge on any atom is 0.261 e. The van der Waals surface area contributed by atoms with Gasteiger partial charge in [-0.25, -0.2) is 0 Å². The van der Waals surface area contributed by atoms with Gasteiger partial charge in [-0.05, 0) is 71.3 Å². The van der Waals surface area contributed by atoms with Crippen LogP contribution in [-0.4, -0.2) is 45.3 Å². The number of nitrogens with one attached hydrogen (secondary N) is 1. The minimum absolute atomic E-state index is 0.0259. The number of carbonyl (C=O) groups is 5. The Hall–Kier alpha value is -6.39. The Balaban J connectivity index is 0.905. The van der Waals surface area contributed by atoms with E-state index < -0.39 is 5.41 Å². The largest absolute Gasteiger partial charge is 0.871 e. The second kappa shape index (κ2) is 11.6. The Kier molecular flexibility index (Phi) is 7.09. The average Bonchev–Trinajstić information content (AvgIpc) is 3.78. The van der Waals surface area contributed by atoms with E-state index in [1.807, 2.05) is 62.5 Å². The Morgan fingerprint density at radius 2 is 1.28 bits per heavy atom. The lowest BCUT2D eigenvalue weighted by Crippen LogP contribution is -2.82. The highest BCUT2D eigenvalue weighted by molar-refractivity contribution is 6.22. The summed E-state index contributed by atoms with van der Waals surface area (Å²) in [6, 6.07) is 25.1. The number of nitrogens with two attached hydrogens (primary N) is 1. The molecule has 9 rings (SSSR count). The zero-order chi connectivity index (χ0) is 36.9. The SMILES string of the molecule is CC1c2cc(CN3C(=O)c4ccccc4C3=O)ccc2[NH2+]C1C=C1C(=O)C(C=C2Nc3ccc(CN4C(=O)c5ccccc5C4=O)cc3C2(C)C)=C1[O-]. The van der Waals surface area contributed by atoms with Crippen LogP contribution in [0.5, 0.6) is 0 Å². The van der Waals surface area contributed by atoms with Crippen molar-refractivity contribution >= 4 is 40.8 Å². The minimum atomic E-state index is -0.583. The van der Waals surface area contributed by atoms with Gasteiger partial charge in [0.15, 0.2) is 5.78 Å². The zero-order valence-electron chi connectivity index (χ0n) is 29.2. The molecule has 2 atom stereocenters. The van der Waals surface area contributed by atoms with Gasteiger partial charge >= 0.3 is 0 Å². The van der Waals surface area contributed by atoms with Crippen molar-refractivity contribution in [3.8, 4) is 0 Å². The van der Waals surface area contributed by atoms with E-state index in [0.717, 1.165) is 33.6 Å². The van der Waals surface area contributed by atoms with E-state index in [1.165, 1.54) is 9.80 Å². The molecule has 4 aromatic rings. The van der Waals surface area contributed by atoms with Gasteiger partial charge in [0, 0.05) is 39.4 Å². The molecule has 10 heteroatoms. The molecule has 0 bridgehead atoms. The lowest BCUT2D eigenvalue weighted by Gasteiger charge is -2.31. The van der Waals surface area contributed by atoms with Crippen molar-refractivity contribution in [3.63, 3.8) is 0 Å². The predicted molar refractivity (Wildman–Crippen MR) is 193 cm³/mol. The number of imide groups is 2. The van der Waals surface area contributed by atoms with Crippen molar-refractivity contribution in [3.05, 3.63) is 164 Å². The lowest BCUT2D eigenvalue weighted by molar-refractivity contribution is -0.591. The molecule has 1 aliphatic carbocycles. The fourth-order valence-corrected chi connectivity index (χ4v) is 8.18. The van der Waals surface area contributed by atoms with E-state index in [1.54, 1.807) is 60.7 Å². The first-order valence-corrected chi connectivity index (χ1v) is 17.6. The lowest BCUT2D eigenvalue weighted by atomic mass is 9.79. The highest BCUT2D eigenvalue weighted by atomic mass is 16.3. The summed E-state index contributed by atoms with van der Waals surface area (Å²) in [5.74, 6) is -1.87. The van der Waals surface area contributed by atoms with Crippen LogP contribution < -0.4 is 15.7 Å². The summed E-state index contributed by atoms with van der Waals surface area (Å²) in [5, 5.41) is 18.9. The Labute approximate surface area is 305 Å². The number of ketones is 1. The third-order valence-corrected chi connectivity index (χ3v) is 11.4. The van der Waals surface area contributed by atoms with Gasteiger partial charge in [0.2, 0.25) is 0 Å². The molecule has 2 unspecified atom stereocenters. The number of hydrogen-bond donors (Lipinski definition) is 2. The van der Waals surface area contributed by atoms with E-state index in [-0.39, 0.29) is 71.4 Å². The molecule has 10 nitrogen and oxygen atoms in total. The summed E-state index contributed by atoms with van der Waals surface area (Å²) in [6.07, 6.45) is 3.41. The number of allylic oxidation sites excluding steroid dienone is 4. The van der Waals surface area contributed by atoms with Gasteiger partial charge in [0.25, 0.3) is 23.6 Å². The first kappa shape index (κ1) is 32.5. The number of nitrogens with zero attached hydrogens (tertiary/aromatic N) is 2. The van der Waals surface area contributed by atoms with Gasteiger partial charge in [0.05, 0.1) is 35.3 Å². The second-order valence-electron chi connectivity index (χ2n) is 14.8. The van der Waals surface area contributed by atoms with Crippen molar-refractivity contribution < 1.29 is 34.4 Å². The van der Waals surface area contributed by atoms with E-state index in [2.05, 4.69) is 5.32 Å². The Morgan fingerprint density at radius 3 is 1.83 bits per heavy atom. The third-order valence-electron chi connectivity index (χ3n) is 11.4. The van der Waals surface area contributed by atoms with Crippen LogP contribution in [0.2, 0.25) is 0 Å². The molecule has 53 heavy (non-hydrogen) atoms. The van der Waals surface area contributed by atoms with Crippen LogP contribution in [0.3, 0.4) is 0 Å². The molecule has 0 radical (unpaired) electrons. The monoisotopic (exact) mass is 702 g/mol. The van der Waals surface area contributed by atoms with Crippen molar-refractivity contribution in [2.45, 2.75) is 51.2 Å². The third kappa shape index (κ3) is 4.86. The maximum atomic E-state index is 13.5. The minimum Gasteiger partial charge on any atom is -0.871 e. The molecule has 4 aromatic carbocycles. The van der Waals surface area contributed by atoms with Gasteiger partial charge in [-0.3, -0.25) is 33.8 Å². The predicted octanol–water partition coefficient (Wildman–Crippen LogP) is 4.37. The molecule has 4 heterocycles. The van der Waals surface area contributed by atoms with Crippen molar-refractivity contribution in [2.75, 3.05) is 5.32 Å². The van der Waals surface area contributed by atoms with Crippen LogP contribution in [0, 0.1) is 0 Å². The van der Waals surface area contributed by atoms with Gasteiger partial charge in [-0.15, -0.1) is 0 Å². The highest BCUT2D eigenvalue weighted by Crippen LogP contribution is 2.45. The van der Waals surface area contributed by atoms with Crippen molar-refractivity contribution in [2.24, 2.45) is 0 Å². The Bertz CT molecular complexity index is 2420. The number of carbonyl (C=O) groups excluding carboxylic acids is 5. The van der Waals surface area contributed by atoms with Crippen LogP contribution in [0.25, 0.3) is 0 Å². The standard InChI is InChI=1S/C43H34N4O6/c1-22-29-16-23(20-46-39(50)25-8-4-5-9-26(25)40(46)51)12-14-33(29)44-35(22)18-30-37(48)31(38(30)49)19-36-43(2,3)32-17-24(13-15-34(32)45-36)21-47-41(52)27-10-6-7-11-28(27)42(47)53/h4-19,22,35,44-45,48H,20-21H2,1-3H3. The molecule has 0 fully saturated rings. The average molecular weight is 703 g/mol. The molecule has 5 aliphatic rings. The first-order chi connectivity index (χ1) is 25.4. The fraction of sp³-hybridized carbons (Fsp3) is 0.186. The van der Waals surface area contributed by atoms with E-state index in [4.69, 9.17) is 0 Å². The van der Waals surface area contributed by atoms with Crippen LogP contribution in [-0.2, 0) is 23.3 Å². The van der Waals surface area contributed by atoms with E-state index in [9.17, 15) is 29.1 Å². The van der Waals surface area contributed by atoms with Crippen LogP contribution in [0.4, 0.5) is 11.4 Å². The summed E-state index contributed by atoms with van der Waals surface area (Å²) >= 11 is 0. The normalized spacial score (nSPS) is 22.4. The molecule has 4 amide bonds.